The van der Waals surface area contributed by atoms with Crippen LogP contribution in [-0.2, 0) is 0 Å². The standard InChI is InChI=1S/C14H22N6O/c21-8-11-3-1-5-20(7-11)6-2-4-15-13-12-14(17-9-16-12)19-10-18-13/h9-11,21H,1-8H2,(H2,15,16,17,18,19). The van der Waals surface area contributed by atoms with Gasteiger partial charge in [-0.1, -0.05) is 0 Å². The molecular formula is C14H22N6O. The van der Waals surface area contributed by atoms with Crippen molar-refractivity contribution in [3.63, 3.8) is 0 Å². The van der Waals surface area contributed by atoms with Gasteiger partial charge in [0, 0.05) is 19.7 Å². The molecule has 0 aliphatic carbocycles. The number of piperidine rings is 1. The summed E-state index contributed by atoms with van der Waals surface area (Å²) in [4.78, 5) is 18.0. The maximum absolute atomic E-state index is 9.25. The van der Waals surface area contributed by atoms with E-state index in [0.717, 1.165) is 50.4 Å². The van der Waals surface area contributed by atoms with Crippen LogP contribution in [0.1, 0.15) is 19.3 Å². The van der Waals surface area contributed by atoms with Gasteiger partial charge in [-0.25, -0.2) is 15.0 Å². The Hall–Kier alpha value is -1.73. The van der Waals surface area contributed by atoms with E-state index in [9.17, 15) is 5.11 Å². The summed E-state index contributed by atoms with van der Waals surface area (Å²) in [5, 5.41) is 12.6. The van der Waals surface area contributed by atoms with Crippen molar-refractivity contribution >= 4 is 17.0 Å². The zero-order valence-electron chi connectivity index (χ0n) is 12.1. The summed E-state index contributed by atoms with van der Waals surface area (Å²) in [5.74, 6) is 1.27. The average Bonchev–Trinajstić information content (AvgIpc) is 3.01. The zero-order valence-corrected chi connectivity index (χ0v) is 12.1. The molecule has 3 heterocycles. The quantitative estimate of drug-likeness (QED) is 0.684. The first kappa shape index (κ1) is 14.2. The topological polar surface area (TPSA) is 90.0 Å². The Morgan fingerprint density at radius 2 is 2.33 bits per heavy atom. The number of fused-ring (bicyclic) bond motifs is 1. The molecule has 0 amide bonds. The molecular weight excluding hydrogens is 268 g/mol. The molecule has 0 spiro atoms. The number of H-pyrrole nitrogens is 1. The Kier molecular flexibility index (Phi) is 4.62. The van der Waals surface area contributed by atoms with Crippen molar-refractivity contribution in [3.8, 4) is 0 Å². The minimum atomic E-state index is 0.313. The summed E-state index contributed by atoms with van der Waals surface area (Å²) < 4.78 is 0. The van der Waals surface area contributed by atoms with Gasteiger partial charge < -0.3 is 20.3 Å². The lowest BCUT2D eigenvalue weighted by atomic mass is 9.99. The second kappa shape index (κ2) is 6.82. The molecule has 7 heteroatoms. The SMILES string of the molecule is OCC1CCCN(CCCNc2ncnc3nc[nH]c23)C1. The average molecular weight is 290 g/mol. The Morgan fingerprint density at radius 3 is 3.24 bits per heavy atom. The third-order valence-corrected chi connectivity index (χ3v) is 4.03. The Morgan fingerprint density at radius 1 is 1.38 bits per heavy atom. The maximum Gasteiger partial charge on any atom is 0.182 e. The molecule has 3 rings (SSSR count). The monoisotopic (exact) mass is 290 g/mol. The molecule has 114 valence electrons. The van der Waals surface area contributed by atoms with Crippen LogP contribution in [0.25, 0.3) is 11.2 Å². The summed E-state index contributed by atoms with van der Waals surface area (Å²) in [5.41, 5.74) is 1.55. The Labute approximate surface area is 123 Å². The predicted molar refractivity (Wildman–Crippen MR) is 81.0 cm³/mol. The number of hydrogen-bond acceptors (Lipinski definition) is 6. The normalized spacial score (nSPS) is 20.0. The van der Waals surface area contributed by atoms with Crippen LogP contribution < -0.4 is 5.32 Å². The van der Waals surface area contributed by atoms with E-state index in [-0.39, 0.29) is 0 Å². The highest BCUT2D eigenvalue weighted by Gasteiger charge is 2.18. The molecule has 7 nitrogen and oxygen atoms in total. The van der Waals surface area contributed by atoms with Crippen LogP contribution in [0.5, 0.6) is 0 Å². The number of imidazole rings is 1. The van der Waals surface area contributed by atoms with Crippen molar-refractivity contribution in [1.29, 1.82) is 0 Å². The molecule has 3 N–H and O–H groups in total. The van der Waals surface area contributed by atoms with E-state index >= 15 is 0 Å². The minimum absolute atomic E-state index is 0.313. The summed E-state index contributed by atoms with van der Waals surface area (Å²) in [7, 11) is 0. The largest absolute Gasteiger partial charge is 0.396 e. The number of aliphatic hydroxyl groups is 1. The number of anilines is 1. The van der Waals surface area contributed by atoms with Gasteiger partial charge in [0.1, 0.15) is 11.8 Å². The number of hydrogen-bond donors (Lipinski definition) is 3. The highest BCUT2D eigenvalue weighted by atomic mass is 16.3. The molecule has 2 aromatic heterocycles. The molecule has 1 atom stereocenters. The molecule has 1 aliphatic heterocycles. The number of aliphatic hydroxyl groups excluding tert-OH is 1. The number of nitrogens with one attached hydrogen (secondary N) is 2. The first-order chi connectivity index (χ1) is 10.4. The van der Waals surface area contributed by atoms with Crippen molar-refractivity contribution < 1.29 is 5.11 Å². The van der Waals surface area contributed by atoms with Crippen molar-refractivity contribution in [2.45, 2.75) is 19.3 Å². The lowest BCUT2D eigenvalue weighted by molar-refractivity contribution is 0.120. The summed E-state index contributed by atoms with van der Waals surface area (Å²) >= 11 is 0. The van der Waals surface area contributed by atoms with E-state index in [1.54, 1.807) is 6.33 Å². The molecule has 0 saturated carbocycles. The Balaban J connectivity index is 1.45. The second-order valence-electron chi connectivity index (χ2n) is 5.60. The summed E-state index contributed by atoms with van der Waals surface area (Å²) in [6.07, 6.45) is 6.57. The maximum atomic E-state index is 9.25. The predicted octanol–water partition coefficient (Wildman–Crippen LogP) is 0.859. The van der Waals surface area contributed by atoms with Gasteiger partial charge in [0.25, 0.3) is 0 Å². The smallest absolute Gasteiger partial charge is 0.182 e. The molecule has 1 fully saturated rings. The minimum Gasteiger partial charge on any atom is -0.396 e. The number of rotatable bonds is 6. The third kappa shape index (κ3) is 3.48. The summed E-state index contributed by atoms with van der Waals surface area (Å²) in [6, 6.07) is 0. The lowest BCUT2D eigenvalue weighted by Crippen LogP contribution is -2.37. The van der Waals surface area contributed by atoms with Crippen LogP contribution in [-0.4, -0.2) is 62.7 Å². The molecule has 1 aliphatic rings. The van der Waals surface area contributed by atoms with Gasteiger partial charge in [0.05, 0.1) is 6.33 Å². The lowest BCUT2D eigenvalue weighted by Gasteiger charge is -2.31. The van der Waals surface area contributed by atoms with E-state index in [0.29, 0.717) is 18.2 Å². The van der Waals surface area contributed by atoms with E-state index in [1.165, 1.54) is 12.7 Å². The Bertz CT molecular complexity index is 571. The van der Waals surface area contributed by atoms with Crippen LogP contribution >= 0.6 is 0 Å². The fourth-order valence-corrected chi connectivity index (χ4v) is 2.91. The van der Waals surface area contributed by atoms with Crippen LogP contribution in [0.2, 0.25) is 0 Å². The van der Waals surface area contributed by atoms with E-state index in [4.69, 9.17) is 0 Å². The van der Waals surface area contributed by atoms with Gasteiger partial charge in [0.2, 0.25) is 0 Å². The summed E-state index contributed by atoms with van der Waals surface area (Å²) in [6.45, 7) is 4.41. The third-order valence-electron chi connectivity index (χ3n) is 4.03. The highest BCUT2D eigenvalue weighted by Crippen LogP contribution is 2.16. The van der Waals surface area contributed by atoms with Gasteiger partial charge in [0.15, 0.2) is 11.5 Å². The van der Waals surface area contributed by atoms with E-state index in [2.05, 4.69) is 30.2 Å². The van der Waals surface area contributed by atoms with Crippen LogP contribution in [0, 0.1) is 5.92 Å². The van der Waals surface area contributed by atoms with Gasteiger partial charge >= 0.3 is 0 Å². The van der Waals surface area contributed by atoms with Crippen LogP contribution in [0.15, 0.2) is 12.7 Å². The van der Waals surface area contributed by atoms with Crippen molar-refractivity contribution in [3.05, 3.63) is 12.7 Å². The van der Waals surface area contributed by atoms with Gasteiger partial charge in [-0.3, -0.25) is 0 Å². The van der Waals surface area contributed by atoms with E-state index < -0.39 is 0 Å². The molecule has 2 aromatic rings. The molecule has 1 unspecified atom stereocenters. The first-order valence-corrected chi connectivity index (χ1v) is 7.58. The molecule has 0 aromatic carbocycles. The number of aromatic amines is 1. The van der Waals surface area contributed by atoms with Crippen molar-refractivity contribution in [2.75, 3.05) is 38.1 Å². The first-order valence-electron chi connectivity index (χ1n) is 7.58. The number of nitrogens with zero attached hydrogens (tertiary/aromatic N) is 4. The van der Waals surface area contributed by atoms with Gasteiger partial charge in [-0.15, -0.1) is 0 Å². The highest BCUT2D eigenvalue weighted by molar-refractivity contribution is 5.81. The van der Waals surface area contributed by atoms with Gasteiger partial charge in [-0.2, -0.15) is 0 Å². The fourth-order valence-electron chi connectivity index (χ4n) is 2.91. The van der Waals surface area contributed by atoms with Gasteiger partial charge in [-0.05, 0) is 38.3 Å². The molecule has 1 saturated heterocycles. The van der Waals surface area contributed by atoms with Crippen LogP contribution in [0.3, 0.4) is 0 Å². The molecule has 0 bridgehead atoms. The number of aromatic nitrogens is 4. The molecule has 0 radical (unpaired) electrons. The fraction of sp³-hybridized carbons (Fsp3) is 0.643. The molecule has 21 heavy (non-hydrogen) atoms. The van der Waals surface area contributed by atoms with Crippen molar-refractivity contribution in [2.24, 2.45) is 5.92 Å². The van der Waals surface area contributed by atoms with Crippen molar-refractivity contribution in [1.82, 2.24) is 24.8 Å². The number of likely N-dealkylation sites (tertiary alicyclic amines) is 1. The second-order valence-corrected chi connectivity index (χ2v) is 5.60. The van der Waals surface area contributed by atoms with E-state index in [1.807, 2.05) is 0 Å². The van der Waals surface area contributed by atoms with Crippen LogP contribution in [0.4, 0.5) is 5.82 Å². The zero-order chi connectivity index (χ0) is 14.5.